The quantitative estimate of drug-likeness (QED) is 0.624. The van der Waals surface area contributed by atoms with Crippen molar-refractivity contribution in [2.24, 2.45) is 5.92 Å². The Morgan fingerprint density at radius 1 is 1.14 bits per heavy atom. The maximum atomic E-state index is 10.8. The molecule has 0 bridgehead atoms. The van der Waals surface area contributed by atoms with Crippen molar-refractivity contribution >= 4 is 17.6 Å². The van der Waals surface area contributed by atoms with Crippen molar-refractivity contribution in [1.82, 2.24) is 0 Å². The Hall–Kier alpha value is -2.75. The Bertz CT molecular complexity index is 832. The number of carbonyl (C=O) groups is 1. The molecule has 2 N–H and O–H groups in total. The SMILES string of the molecule is CC(CC(=O)O)c1ccc(OCC(CO)COc2ccc(C#N)c(Cl)c2)cc1. The first-order chi connectivity index (χ1) is 13.4. The summed E-state index contributed by atoms with van der Waals surface area (Å²) in [7, 11) is 0. The van der Waals surface area contributed by atoms with Crippen molar-refractivity contribution in [3.63, 3.8) is 0 Å². The number of hydrogen-bond donors (Lipinski definition) is 2. The number of nitriles is 1. The molecule has 7 heteroatoms. The summed E-state index contributed by atoms with van der Waals surface area (Å²) in [5, 5.41) is 27.6. The molecule has 148 valence electrons. The first-order valence-electron chi connectivity index (χ1n) is 8.80. The van der Waals surface area contributed by atoms with Crippen LogP contribution in [0.15, 0.2) is 42.5 Å². The molecule has 0 aromatic heterocycles. The van der Waals surface area contributed by atoms with E-state index in [9.17, 15) is 9.90 Å². The van der Waals surface area contributed by atoms with Crippen molar-refractivity contribution in [2.75, 3.05) is 19.8 Å². The second-order valence-electron chi connectivity index (χ2n) is 6.49. The van der Waals surface area contributed by atoms with E-state index < -0.39 is 5.97 Å². The molecule has 2 unspecified atom stereocenters. The maximum absolute atomic E-state index is 10.8. The van der Waals surface area contributed by atoms with Crippen LogP contribution in [0.5, 0.6) is 11.5 Å². The highest BCUT2D eigenvalue weighted by atomic mass is 35.5. The monoisotopic (exact) mass is 403 g/mol. The summed E-state index contributed by atoms with van der Waals surface area (Å²) >= 11 is 5.97. The Morgan fingerprint density at radius 2 is 1.75 bits per heavy atom. The number of hydrogen-bond acceptors (Lipinski definition) is 5. The fraction of sp³-hybridized carbons (Fsp3) is 0.333. The molecule has 0 saturated carbocycles. The Balaban J connectivity index is 1.85. The van der Waals surface area contributed by atoms with Gasteiger partial charge in [0.05, 0.1) is 42.7 Å². The molecule has 0 spiro atoms. The van der Waals surface area contributed by atoms with Gasteiger partial charge in [0.25, 0.3) is 0 Å². The van der Waals surface area contributed by atoms with Crippen LogP contribution >= 0.6 is 11.6 Å². The summed E-state index contributed by atoms with van der Waals surface area (Å²) in [6.07, 6.45) is 0.0729. The van der Waals surface area contributed by atoms with Crippen LogP contribution in [0.3, 0.4) is 0 Å². The third-order valence-electron chi connectivity index (χ3n) is 4.22. The third kappa shape index (κ3) is 6.45. The van der Waals surface area contributed by atoms with Gasteiger partial charge in [0.15, 0.2) is 0 Å². The van der Waals surface area contributed by atoms with Crippen molar-refractivity contribution in [2.45, 2.75) is 19.3 Å². The normalized spacial score (nSPS) is 12.6. The zero-order valence-electron chi connectivity index (χ0n) is 15.5. The molecule has 0 amide bonds. The highest BCUT2D eigenvalue weighted by Crippen LogP contribution is 2.24. The van der Waals surface area contributed by atoms with Gasteiger partial charge in [-0.15, -0.1) is 0 Å². The molecule has 0 saturated heterocycles. The largest absolute Gasteiger partial charge is 0.493 e. The Kier molecular flexibility index (Phi) is 8.12. The summed E-state index contributed by atoms with van der Waals surface area (Å²) in [6.45, 7) is 2.23. The molecule has 0 fully saturated rings. The molecule has 0 radical (unpaired) electrons. The van der Waals surface area contributed by atoms with Gasteiger partial charge >= 0.3 is 5.97 Å². The molecule has 28 heavy (non-hydrogen) atoms. The maximum Gasteiger partial charge on any atom is 0.303 e. The van der Waals surface area contributed by atoms with Gasteiger partial charge in [-0.05, 0) is 35.7 Å². The molecule has 2 atom stereocenters. The molecular formula is C21H22ClNO5. The number of aliphatic hydroxyl groups is 1. The number of aliphatic hydroxyl groups excluding tert-OH is 1. The average molecular weight is 404 g/mol. The average Bonchev–Trinajstić information content (AvgIpc) is 2.68. The Labute approximate surface area is 168 Å². The zero-order chi connectivity index (χ0) is 20.5. The van der Waals surface area contributed by atoms with Crippen LogP contribution in [-0.4, -0.2) is 36.0 Å². The van der Waals surface area contributed by atoms with E-state index in [0.29, 0.717) is 22.1 Å². The minimum absolute atomic E-state index is 0.0729. The van der Waals surface area contributed by atoms with Gasteiger partial charge in [-0.3, -0.25) is 4.79 Å². The predicted molar refractivity (Wildman–Crippen MR) is 105 cm³/mol. The number of aliphatic carboxylic acids is 1. The van der Waals surface area contributed by atoms with Crippen molar-refractivity contribution in [3.05, 3.63) is 58.6 Å². The van der Waals surface area contributed by atoms with Gasteiger partial charge in [-0.1, -0.05) is 30.7 Å². The van der Waals surface area contributed by atoms with E-state index in [1.54, 1.807) is 30.3 Å². The molecular weight excluding hydrogens is 382 g/mol. The molecule has 6 nitrogen and oxygen atoms in total. The molecule has 0 aliphatic carbocycles. The summed E-state index contributed by atoms with van der Waals surface area (Å²) in [4.78, 5) is 10.8. The second kappa shape index (κ2) is 10.5. The molecule has 2 aromatic rings. The highest BCUT2D eigenvalue weighted by molar-refractivity contribution is 6.31. The number of halogens is 1. The number of ether oxygens (including phenoxy) is 2. The van der Waals surface area contributed by atoms with Gasteiger partial charge in [-0.25, -0.2) is 0 Å². The van der Waals surface area contributed by atoms with Crippen LogP contribution in [-0.2, 0) is 4.79 Å². The van der Waals surface area contributed by atoms with E-state index in [2.05, 4.69) is 0 Å². The van der Waals surface area contributed by atoms with Crippen LogP contribution in [0, 0.1) is 17.2 Å². The van der Waals surface area contributed by atoms with Gasteiger partial charge in [0.2, 0.25) is 0 Å². The summed E-state index contributed by atoms with van der Waals surface area (Å²) in [5.74, 6) is -0.0167. The van der Waals surface area contributed by atoms with E-state index in [1.165, 1.54) is 0 Å². The second-order valence-corrected chi connectivity index (χ2v) is 6.90. The molecule has 2 aromatic carbocycles. The van der Waals surface area contributed by atoms with Crippen LogP contribution in [0.4, 0.5) is 0 Å². The van der Waals surface area contributed by atoms with E-state index in [-0.39, 0.29) is 38.1 Å². The van der Waals surface area contributed by atoms with Crippen LogP contribution in [0.25, 0.3) is 0 Å². The fourth-order valence-electron chi connectivity index (χ4n) is 2.53. The molecule has 0 aliphatic heterocycles. The van der Waals surface area contributed by atoms with Crippen molar-refractivity contribution in [3.8, 4) is 17.6 Å². The summed E-state index contributed by atoms with van der Waals surface area (Å²) in [6, 6.07) is 14.0. The van der Waals surface area contributed by atoms with Gasteiger partial charge in [0.1, 0.15) is 17.6 Å². The zero-order valence-corrected chi connectivity index (χ0v) is 16.2. The van der Waals surface area contributed by atoms with E-state index in [1.807, 2.05) is 25.1 Å². The lowest BCUT2D eigenvalue weighted by molar-refractivity contribution is -0.137. The minimum Gasteiger partial charge on any atom is -0.493 e. The lowest BCUT2D eigenvalue weighted by atomic mass is 9.98. The molecule has 2 rings (SSSR count). The number of rotatable bonds is 10. The lowest BCUT2D eigenvalue weighted by Crippen LogP contribution is -2.23. The number of benzene rings is 2. The first-order valence-corrected chi connectivity index (χ1v) is 9.18. The van der Waals surface area contributed by atoms with E-state index >= 15 is 0 Å². The Morgan fingerprint density at radius 3 is 2.29 bits per heavy atom. The molecule has 0 aliphatic rings. The number of nitrogens with zero attached hydrogens (tertiary/aromatic N) is 1. The standard InChI is InChI=1S/C21H22ClNO5/c1-14(8-21(25)26)16-2-5-18(6-3-16)27-12-15(11-24)13-28-19-7-4-17(10-23)20(22)9-19/h2-7,9,14-15,24H,8,11-13H2,1H3,(H,25,26). The fourth-order valence-corrected chi connectivity index (χ4v) is 2.74. The topological polar surface area (TPSA) is 99.8 Å². The van der Waals surface area contributed by atoms with Crippen LogP contribution in [0.2, 0.25) is 5.02 Å². The predicted octanol–water partition coefficient (Wildman–Crippen LogP) is 3.86. The molecule has 0 heterocycles. The highest BCUT2D eigenvalue weighted by Gasteiger charge is 2.13. The smallest absolute Gasteiger partial charge is 0.303 e. The van der Waals surface area contributed by atoms with E-state index in [4.69, 9.17) is 31.4 Å². The minimum atomic E-state index is -0.831. The summed E-state index contributed by atoms with van der Waals surface area (Å²) in [5.41, 5.74) is 1.30. The van der Waals surface area contributed by atoms with Gasteiger partial charge in [0, 0.05) is 6.07 Å². The third-order valence-corrected chi connectivity index (χ3v) is 4.53. The van der Waals surface area contributed by atoms with Crippen LogP contribution in [0.1, 0.15) is 30.4 Å². The van der Waals surface area contributed by atoms with Crippen molar-refractivity contribution in [1.29, 1.82) is 5.26 Å². The number of carboxylic acid groups (broad SMARTS) is 1. The van der Waals surface area contributed by atoms with E-state index in [0.717, 1.165) is 5.56 Å². The first kappa shape index (κ1) is 21.5. The van der Waals surface area contributed by atoms with Gasteiger partial charge < -0.3 is 19.7 Å². The van der Waals surface area contributed by atoms with Gasteiger partial charge in [-0.2, -0.15) is 5.26 Å². The number of carboxylic acids is 1. The summed E-state index contributed by atoms with van der Waals surface area (Å²) < 4.78 is 11.3. The van der Waals surface area contributed by atoms with Crippen molar-refractivity contribution < 1.29 is 24.5 Å². The lowest BCUT2D eigenvalue weighted by Gasteiger charge is -2.17. The van der Waals surface area contributed by atoms with Crippen LogP contribution < -0.4 is 9.47 Å².